The Morgan fingerprint density at radius 3 is 2.78 bits per heavy atom. The molecule has 1 saturated heterocycles. The highest BCUT2D eigenvalue weighted by Gasteiger charge is 2.31. The maximum Gasteiger partial charge on any atom is 0.212 e. The molecule has 2 atom stereocenters. The lowest BCUT2D eigenvalue weighted by Crippen LogP contribution is -2.48. The summed E-state index contributed by atoms with van der Waals surface area (Å²) < 4.78 is 5.10. The van der Waals surface area contributed by atoms with Crippen LogP contribution in [0.15, 0.2) is 18.3 Å². The van der Waals surface area contributed by atoms with Crippen LogP contribution in [0.1, 0.15) is 38.3 Å². The fraction of sp³-hybridized carbons (Fsp3) is 0.643. The van der Waals surface area contributed by atoms with Gasteiger partial charge in [-0.3, -0.25) is 4.90 Å². The van der Waals surface area contributed by atoms with Crippen molar-refractivity contribution in [2.75, 3.05) is 13.7 Å². The summed E-state index contributed by atoms with van der Waals surface area (Å²) >= 11 is 0. The number of hydrogen-bond acceptors (Lipinski definition) is 4. The number of rotatable bonds is 3. The van der Waals surface area contributed by atoms with Crippen molar-refractivity contribution < 1.29 is 4.74 Å². The molecule has 100 valence electrons. The van der Waals surface area contributed by atoms with Crippen molar-refractivity contribution in [1.29, 1.82) is 0 Å². The Morgan fingerprint density at radius 2 is 2.22 bits per heavy atom. The fourth-order valence-electron chi connectivity index (χ4n) is 2.76. The van der Waals surface area contributed by atoms with Gasteiger partial charge in [0.1, 0.15) is 0 Å². The summed E-state index contributed by atoms with van der Waals surface area (Å²) in [5.41, 5.74) is 7.50. The number of likely N-dealkylation sites (tertiary alicyclic amines) is 1. The molecule has 0 aromatic carbocycles. The number of methoxy groups -OCH3 is 1. The molecule has 0 spiro atoms. The standard InChI is InChI=1S/C14H23N3O/c1-10(2)17-8-4-5-12(15)14(17)11-6-7-13(18-3)16-9-11/h6-7,9-10,12,14H,4-5,8,15H2,1-3H3. The zero-order valence-corrected chi connectivity index (χ0v) is 11.5. The van der Waals surface area contributed by atoms with Crippen LogP contribution in [0.2, 0.25) is 0 Å². The second-order valence-electron chi connectivity index (χ2n) is 5.22. The molecule has 4 nitrogen and oxygen atoms in total. The molecule has 2 rings (SSSR count). The Kier molecular flexibility index (Phi) is 4.19. The van der Waals surface area contributed by atoms with Crippen molar-refractivity contribution in [3.8, 4) is 5.88 Å². The Labute approximate surface area is 109 Å². The van der Waals surface area contributed by atoms with Crippen LogP contribution >= 0.6 is 0 Å². The molecule has 2 unspecified atom stereocenters. The van der Waals surface area contributed by atoms with E-state index in [9.17, 15) is 0 Å². The van der Waals surface area contributed by atoms with Gasteiger partial charge in [-0.05, 0) is 38.8 Å². The number of aromatic nitrogens is 1. The molecule has 1 aromatic heterocycles. The lowest BCUT2D eigenvalue weighted by atomic mass is 9.91. The predicted octanol–water partition coefficient (Wildman–Crippen LogP) is 1.96. The second kappa shape index (κ2) is 5.67. The molecule has 0 aliphatic carbocycles. The average Bonchev–Trinajstić information content (AvgIpc) is 2.38. The minimum absolute atomic E-state index is 0.191. The predicted molar refractivity (Wildman–Crippen MR) is 72.6 cm³/mol. The summed E-state index contributed by atoms with van der Waals surface area (Å²) in [6, 6.07) is 4.96. The number of hydrogen-bond donors (Lipinski definition) is 1. The third-order valence-electron chi connectivity index (χ3n) is 3.69. The van der Waals surface area contributed by atoms with E-state index in [1.165, 1.54) is 12.0 Å². The van der Waals surface area contributed by atoms with Gasteiger partial charge >= 0.3 is 0 Å². The summed E-state index contributed by atoms with van der Waals surface area (Å²) in [5, 5.41) is 0. The summed E-state index contributed by atoms with van der Waals surface area (Å²) in [7, 11) is 1.63. The summed E-state index contributed by atoms with van der Waals surface area (Å²) in [6.45, 7) is 5.56. The lowest BCUT2D eigenvalue weighted by Gasteiger charge is -2.42. The highest BCUT2D eigenvalue weighted by atomic mass is 16.5. The first kappa shape index (κ1) is 13.3. The van der Waals surface area contributed by atoms with Gasteiger partial charge in [0.15, 0.2) is 0 Å². The van der Waals surface area contributed by atoms with Crippen LogP contribution in [-0.4, -0.2) is 35.6 Å². The van der Waals surface area contributed by atoms with Crippen LogP contribution < -0.4 is 10.5 Å². The van der Waals surface area contributed by atoms with Crippen LogP contribution in [0.4, 0.5) is 0 Å². The molecule has 2 N–H and O–H groups in total. The number of nitrogens with two attached hydrogens (primary N) is 1. The van der Waals surface area contributed by atoms with Crippen LogP contribution in [0.25, 0.3) is 0 Å². The maximum absolute atomic E-state index is 6.31. The van der Waals surface area contributed by atoms with Crippen LogP contribution in [0, 0.1) is 0 Å². The first-order chi connectivity index (χ1) is 8.63. The van der Waals surface area contributed by atoms with E-state index in [0.29, 0.717) is 11.9 Å². The van der Waals surface area contributed by atoms with Crippen LogP contribution in [0.3, 0.4) is 0 Å². The molecule has 1 fully saturated rings. The van der Waals surface area contributed by atoms with E-state index in [4.69, 9.17) is 10.5 Å². The van der Waals surface area contributed by atoms with Crippen molar-refractivity contribution in [3.05, 3.63) is 23.9 Å². The average molecular weight is 249 g/mol. The van der Waals surface area contributed by atoms with Gasteiger partial charge in [0.25, 0.3) is 0 Å². The molecule has 0 saturated carbocycles. The Morgan fingerprint density at radius 1 is 1.44 bits per heavy atom. The molecule has 18 heavy (non-hydrogen) atoms. The van der Waals surface area contributed by atoms with Crippen molar-refractivity contribution in [2.24, 2.45) is 5.73 Å². The van der Waals surface area contributed by atoms with E-state index in [1.807, 2.05) is 12.3 Å². The van der Waals surface area contributed by atoms with E-state index >= 15 is 0 Å². The van der Waals surface area contributed by atoms with Crippen molar-refractivity contribution in [1.82, 2.24) is 9.88 Å². The number of ether oxygens (including phenoxy) is 1. The highest BCUT2D eigenvalue weighted by molar-refractivity contribution is 5.23. The maximum atomic E-state index is 6.31. The fourth-order valence-corrected chi connectivity index (χ4v) is 2.76. The monoisotopic (exact) mass is 249 g/mol. The first-order valence-electron chi connectivity index (χ1n) is 6.64. The molecule has 2 heterocycles. The topological polar surface area (TPSA) is 51.4 Å². The van der Waals surface area contributed by atoms with E-state index < -0.39 is 0 Å². The summed E-state index contributed by atoms with van der Waals surface area (Å²) in [4.78, 5) is 6.77. The van der Waals surface area contributed by atoms with Gasteiger partial charge < -0.3 is 10.5 Å². The minimum atomic E-state index is 0.191. The Hall–Kier alpha value is -1.13. The third kappa shape index (κ3) is 2.65. The number of nitrogens with zero attached hydrogens (tertiary/aromatic N) is 2. The third-order valence-corrected chi connectivity index (χ3v) is 3.69. The molecule has 4 heteroatoms. The molecule has 0 amide bonds. The summed E-state index contributed by atoms with van der Waals surface area (Å²) in [5.74, 6) is 0.652. The normalized spacial score (nSPS) is 25.4. The Balaban J connectivity index is 2.25. The van der Waals surface area contributed by atoms with Gasteiger partial charge in [0.05, 0.1) is 13.2 Å². The van der Waals surface area contributed by atoms with E-state index in [0.717, 1.165) is 13.0 Å². The van der Waals surface area contributed by atoms with Crippen molar-refractivity contribution in [3.63, 3.8) is 0 Å². The second-order valence-corrected chi connectivity index (χ2v) is 5.22. The highest BCUT2D eigenvalue weighted by Crippen LogP contribution is 2.31. The molecule has 1 aliphatic rings. The number of pyridine rings is 1. The van der Waals surface area contributed by atoms with E-state index in [1.54, 1.807) is 7.11 Å². The molecular formula is C14H23N3O. The molecular weight excluding hydrogens is 226 g/mol. The van der Waals surface area contributed by atoms with Gasteiger partial charge in [-0.2, -0.15) is 0 Å². The van der Waals surface area contributed by atoms with Gasteiger partial charge in [0, 0.05) is 24.3 Å². The zero-order valence-electron chi connectivity index (χ0n) is 11.5. The van der Waals surface area contributed by atoms with E-state index in [-0.39, 0.29) is 12.1 Å². The van der Waals surface area contributed by atoms with Crippen LogP contribution in [0.5, 0.6) is 5.88 Å². The number of piperidine rings is 1. The quantitative estimate of drug-likeness (QED) is 0.889. The van der Waals surface area contributed by atoms with E-state index in [2.05, 4.69) is 29.8 Å². The SMILES string of the molecule is COc1ccc(C2C(N)CCCN2C(C)C)cn1. The van der Waals surface area contributed by atoms with Crippen molar-refractivity contribution in [2.45, 2.75) is 44.8 Å². The van der Waals surface area contributed by atoms with Crippen molar-refractivity contribution >= 4 is 0 Å². The van der Waals surface area contributed by atoms with Gasteiger partial charge in [-0.1, -0.05) is 6.07 Å². The largest absolute Gasteiger partial charge is 0.481 e. The molecule has 0 bridgehead atoms. The summed E-state index contributed by atoms with van der Waals surface area (Å²) in [6.07, 6.45) is 4.16. The first-order valence-corrected chi connectivity index (χ1v) is 6.64. The molecule has 1 aromatic rings. The molecule has 1 aliphatic heterocycles. The minimum Gasteiger partial charge on any atom is -0.481 e. The van der Waals surface area contributed by atoms with Gasteiger partial charge in [0.2, 0.25) is 5.88 Å². The van der Waals surface area contributed by atoms with Gasteiger partial charge in [-0.25, -0.2) is 4.98 Å². The van der Waals surface area contributed by atoms with Crippen LogP contribution in [-0.2, 0) is 0 Å². The zero-order chi connectivity index (χ0) is 13.1. The molecule has 0 radical (unpaired) electrons. The lowest BCUT2D eigenvalue weighted by molar-refractivity contribution is 0.0944. The van der Waals surface area contributed by atoms with Gasteiger partial charge in [-0.15, -0.1) is 0 Å². The Bertz CT molecular complexity index is 377. The smallest absolute Gasteiger partial charge is 0.212 e.